The fourth-order valence-electron chi connectivity index (χ4n) is 0.969. The average Bonchev–Trinajstić information content (AvgIpc) is 2.06. The lowest BCUT2D eigenvalue weighted by Gasteiger charge is -1.98. The highest BCUT2D eigenvalue weighted by Gasteiger charge is 1.89. The van der Waals surface area contributed by atoms with E-state index in [1.165, 1.54) is 5.57 Å². The summed E-state index contributed by atoms with van der Waals surface area (Å²) in [5.74, 6) is 0. The molecule has 0 aliphatic heterocycles. The molecule has 0 saturated carbocycles. The van der Waals surface area contributed by atoms with Crippen molar-refractivity contribution in [2.75, 3.05) is 13.6 Å². The summed E-state index contributed by atoms with van der Waals surface area (Å²) in [6, 6.07) is 1.89. The van der Waals surface area contributed by atoms with E-state index < -0.39 is 0 Å². The lowest BCUT2D eigenvalue weighted by atomic mass is 10.2. The topological polar surface area (TPSA) is 37.8 Å². The van der Waals surface area contributed by atoms with E-state index in [-0.39, 0.29) is 0 Å². The van der Waals surface area contributed by atoms with Crippen LogP contribution >= 0.6 is 0 Å². The highest BCUT2D eigenvalue weighted by molar-refractivity contribution is 5.47. The number of nitrogens with zero attached hydrogens (tertiary/aromatic N) is 2. The highest BCUT2D eigenvalue weighted by atomic mass is 14.8. The number of likely N-dealkylation sites (N-methyl/N-ethyl adjacent to an activating group) is 1. The van der Waals surface area contributed by atoms with Gasteiger partial charge < -0.3 is 5.32 Å². The Balaban J connectivity index is 2.67. The number of rotatable bonds is 3. The fourth-order valence-corrected chi connectivity index (χ4v) is 0.969. The first-order valence-electron chi connectivity index (χ1n) is 3.90. The van der Waals surface area contributed by atoms with Gasteiger partial charge in [-0.15, -0.1) is 0 Å². The first-order valence-corrected chi connectivity index (χ1v) is 3.90. The third kappa shape index (κ3) is 2.80. The molecule has 0 aliphatic rings. The van der Waals surface area contributed by atoms with Crippen molar-refractivity contribution >= 4 is 6.08 Å². The molecule has 1 heterocycles. The van der Waals surface area contributed by atoms with Gasteiger partial charge in [0.1, 0.15) is 6.33 Å². The first-order chi connectivity index (χ1) is 5.83. The maximum atomic E-state index is 4.09. The fraction of sp³-hybridized carbons (Fsp3) is 0.333. The molecule has 0 bridgehead atoms. The third-order valence-corrected chi connectivity index (χ3v) is 1.45. The van der Waals surface area contributed by atoms with Gasteiger partial charge in [0, 0.05) is 12.7 Å². The molecule has 0 saturated heterocycles. The van der Waals surface area contributed by atoms with Gasteiger partial charge in [-0.1, -0.05) is 5.57 Å². The number of hydrogen-bond acceptors (Lipinski definition) is 3. The molecule has 64 valence electrons. The van der Waals surface area contributed by atoms with E-state index in [2.05, 4.69) is 22.2 Å². The van der Waals surface area contributed by atoms with Crippen molar-refractivity contribution in [3.05, 3.63) is 29.9 Å². The van der Waals surface area contributed by atoms with Gasteiger partial charge in [-0.25, -0.2) is 9.97 Å². The van der Waals surface area contributed by atoms with Crippen LogP contribution in [0.1, 0.15) is 12.6 Å². The van der Waals surface area contributed by atoms with Crippen molar-refractivity contribution in [2.45, 2.75) is 6.92 Å². The lowest BCUT2D eigenvalue weighted by Crippen LogP contribution is -2.08. The van der Waals surface area contributed by atoms with Crippen LogP contribution in [0, 0.1) is 0 Å². The summed E-state index contributed by atoms with van der Waals surface area (Å²) in [5, 5.41) is 3.08. The van der Waals surface area contributed by atoms with Gasteiger partial charge in [0.25, 0.3) is 0 Å². The van der Waals surface area contributed by atoms with Crippen LogP contribution in [0.5, 0.6) is 0 Å². The molecular formula is C9H13N3. The standard InChI is InChI=1S/C9H13N3/c1-8(6-10-2)5-9-3-4-11-7-12-9/h3-5,7,10H,6H2,1-2H3/b8-5+. The molecule has 0 aromatic carbocycles. The Labute approximate surface area is 72.6 Å². The summed E-state index contributed by atoms with van der Waals surface area (Å²) < 4.78 is 0. The number of hydrogen-bond donors (Lipinski definition) is 1. The van der Waals surface area contributed by atoms with Gasteiger partial charge in [0.2, 0.25) is 0 Å². The summed E-state index contributed by atoms with van der Waals surface area (Å²) >= 11 is 0. The molecule has 0 atom stereocenters. The average molecular weight is 163 g/mol. The van der Waals surface area contributed by atoms with Crippen LogP contribution in [0.3, 0.4) is 0 Å². The van der Waals surface area contributed by atoms with E-state index in [4.69, 9.17) is 0 Å². The summed E-state index contributed by atoms with van der Waals surface area (Å²) in [6.07, 6.45) is 5.34. The summed E-state index contributed by atoms with van der Waals surface area (Å²) in [7, 11) is 1.93. The van der Waals surface area contributed by atoms with Gasteiger partial charge in [-0.3, -0.25) is 0 Å². The quantitative estimate of drug-likeness (QED) is 0.725. The molecule has 1 aromatic heterocycles. The van der Waals surface area contributed by atoms with Crippen LogP contribution in [0.2, 0.25) is 0 Å². The van der Waals surface area contributed by atoms with Gasteiger partial charge in [-0.2, -0.15) is 0 Å². The lowest BCUT2D eigenvalue weighted by molar-refractivity contribution is 0.884. The smallest absolute Gasteiger partial charge is 0.115 e. The van der Waals surface area contributed by atoms with Crippen molar-refractivity contribution < 1.29 is 0 Å². The molecule has 1 N–H and O–H groups in total. The van der Waals surface area contributed by atoms with Crippen molar-refractivity contribution in [1.29, 1.82) is 0 Å². The zero-order chi connectivity index (χ0) is 8.81. The van der Waals surface area contributed by atoms with Gasteiger partial charge in [-0.05, 0) is 26.1 Å². The minimum absolute atomic E-state index is 0.893. The second kappa shape index (κ2) is 4.62. The predicted octanol–water partition coefficient (Wildman–Crippen LogP) is 1.10. The van der Waals surface area contributed by atoms with Crippen molar-refractivity contribution in [2.24, 2.45) is 0 Å². The van der Waals surface area contributed by atoms with Crippen molar-refractivity contribution in [3.8, 4) is 0 Å². The Bertz CT molecular complexity index is 254. The number of nitrogens with one attached hydrogen (secondary N) is 1. The molecule has 0 unspecified atom stereocenters. The SMILES string of the molecule is CNC/C(C)=C/c1ccncn1. The van der Waals surface area contributed by atoms with Gasteiger partial charge >= 0.3 is 0 Å². The second-order valence-electron chi connectivity index (χ2n) is 2.66. The molecule has 0 spiro atoms. The zero-order valence-corrected chi connectivity index (χ0v) is 7.41. The predicted molar refractivity (Wildman–Crippen MR) is 49.6 cm³/mol. The van der Waals surface area contributed by atoms with Crippen LogP contribution in [0.15, 0.2) is 24.2 Å². The molecule has 3 nitrogen and oxygen atoms in total. The first kappa shape index (κ1) is 8.87. The Morgan fingerprint density at radius 3 is 3.08 bits per heavy atom. The van der Waals surface area contributed by atoms with E-state index in [9.17, 15) is 0 Å². The Kier molecular flexibility index (Phi) is 3.41. The Hall–Kier alpha value is -1.22. The summed E-state index contributed by atoms with van der Waals surface area (Å²) in [6.45, 7) is 2.96. The van der Waals surface area contributed by atoms with E-state index in [0.717, 1.165) is 12.2 Å². The molecule has 0 aliphatic carbocycles. The molecular weight excluding hydrogens is 150 g/mol. The van der Waals surface area contributed by atoms with Crippen LogP contribution < -0.4 is 5.32 Å². The summed E-state index contributed by atoms with van der Waals surface area (Å²) in [4.78, 5) is 7.93. The third-order valence-electron chi connectivity index (χ3n) is 1.45. The zero-order valence-electron chi connectivity index (χ0n) is 7.41. The van der Waals surface area contributed by atoms with Crippen LogP contribution in [0.4, 0.5) is 0 Å². The van der Waals surface area contributed by atoms with E-state index in [1.807, 2.05) is 19.2 Å². The minimum atomic E-state index is 0.893. The normalized spacial score (nSPS) is 11.7. The minimum Gasteiger partial charge on any atom is -0.316 e. The van der Waals surface area contributed by atoms with Crippen molar-refractivity contribution in [3.63, 3.8) is 0 Å². The Morgan fingerprint density at radius 1 is 1.67 bits per heavy atom. The van der Waals surface area contributed by atoms with Gasteiger partial charge in [0.05, 0.1) is 5.69 Å². The molecule has 12 heavy (non-hydrogen) atoms. The molecule has 3 heteroatoms. The Morgan fingerprint density at radius 2 is 2.50 bits per heavy atom. The molecule has 1 aromatic rings. The van der Waals surface area contributed by atoms with Crippen LogP contribution in [-0.4, -0.2) is 23.6 Å². The molecule has 0 amide bonds. The van der Waals surface area contributed by atoms with Crippen LogP contribution in [-0.2, 0) is 0 Å². The number of aromatic nitrogens is 2. The molecule has 0 fully saturated rings. The maximum Gasteiger partial charge on any atom is 0.115 e. The van der Waals surface area contributed by atoms with E-state index in [1.54, 1.807) is 12.5 Å². The summed E-state index contributed by atoms with van der Waals surface area (Å²) in [5.41, 5.74) is 2.22. The van der Waals surface area contributed by atoms with Crippen molar-refractivity contribution in [1.82, 2.24) is 15.3 Å². The maximum absolute atomic E-state index is 4.09. The van der Waals surface area contributed by atoms with E-state index >= 15 is 0 Å². The van der Waals surface area contributed by atoms with Crippen LogP contribution in [0.25, 0.3) is 6.08 Å². The second-order valence-corrected chi connectivity index (χ2v) is 2.66. The van der Waals surface area contributed by atoms with Gasteiger partial charge in [0.15, 0.2) is 0 Å². The highest BCUT2D eigenvalue weighted by Crippen LogP contribution is 2.00. The molecule has 1 rings (SSSR count). The monoisotopic (exact) mass is 163 g/mol. The molecule has 0 radical (unpaired) electrons. The largest absolute Gasteiger partial charge is 0.316 e. The van der Waals surface area contributed by atoms with E-state index in [0.29, 0.717) is 0 Å².